The molecular formula is C13H24ClN3O. The van der Waals surface area contributed by atoms with Gasteiger partial charge in [0.15, 0.2) is 0 Å². The molecular weight excluding hydrogens is 250 g/mol. The number of ether oxygens (including phenoxy) is 1. The largest absolute Gasteiger partial charge is 0.377 e. The summed E-state index contributed by atoms with van der Waals surface area (Å²) >= 11 is 6.28. The first-order valence-corrected chi connectivity index (χ1v) is 7.09. The van der Waals surface area contributed by atoms with Crippen LogP contribution in [0.25, 0.3) is 0 Å². The monoisotopic (exact) mass is 273 g/mol. The van der Waals surface area contributed by atoms with E-state index in [2.05, 4.69) is 31.2 Å². The van der Waals surface area contributed by atoms with E-state index in [0.717, 1.165) is 25.2 Å². The zero-order chi connectivity index (χ0) is 13.5. The van der Waals surface area contributed by atoms with Crippen molar-refractivity contribution in [2.45, 2.75) is 52.8 Å². The van der Waals surface area contributed by atoms with E-state index in [1.807, 2.05) is 11.6 Å². The lowest BCUT2D eigenvalue weighted by atomic mass is 10.1. The number of likely N-dealkylation sites (N-methyl/N-ethyl adjacent to an activating group) is 1. The predicted octanol–water partition coefficient (Wildman–Crippen LogP) is 3.02. The summed E-state index contributed by atoms with van der Waals surface area (Å²) in [5.74, 6) is 0. The first-order chi connectivity index (χ1) is 8.65. The van der Waals surface area contributed by atoms with Gasteiger partial charge in [-0.1, -0.05) is 25.4 Å². The summed E-state index contributed by atoms with van der Waals surface area (Å²) in [6.07, 6.45) is 2.82. The molecule has 0 saturated heterocycles. The number of nitrogens with zero attached hydrogens (tertiary/aromatic N) is 2. The SMILES string of the molecule is CCCn1ncc(Cl)c1C(NCC)C(C)OCC. The van der Waals surface area contributed by atoms with E-state index in [0.29, 0.717) is 11.6 Å². The van der Waals surface area contributed by atoms with E-state index in [9.17, 15) is 0 Å². The van der Waals surface area contributed by atoms with Gasteiger partial charge >= 0.3 is 0 Å². The first-order valence-electron chi connectivity index (χ1n) is 6.71. The Morgan fingerprint density at radius 1 is 1.44 bits per heavy atom. The number of hydrogen-bond acceptors (Lipinski definition) is 3. The van der Waals surface area contributed by atoms with Crippen LogP contribution in [0.3, 0.4) is 0 Å². The lowest BCUT2D eigenvalue weighted by molar-refractivity contribution is 0.0453. The average molecular weight is 274 g/mol. The van der Waals surface area contributed by atoms with Gasteiger partial charge in [-0.3, -0.25) is 4.68 Å². The Kier molecular flexibility index (Phi) is 6.68. The Labute approximate surface area is 115 Å². The quantitative estimate of drug-likeness (QED) is 0.791. The molecule has 0 amide bonds. The van der Waals surface area contributed by atoms with E-state index in [4.69, 9.17) is 16.3 Å². The summed E-state index contributed by atoms with van der Waals surface area (Å²) in [7, 11) is 0. The molecule has 2 atom stereocenters. The van der Waals surface area contributed by atoms with Crippen LogP contribution in [0.1, 0.15) is 45.9 Å². The minimum Gasteiger partial charge on any atom is -0.377 e. The van der Waals surface area contributed by atoms with E-state index < -0.39 is 0 Å². The molecule has 0 aliphatic rings. The molecule has 4 nitrogen and oxygen atoms in total. The molecule has 0 spiro atoms. The highest BCUT2D eigenvalue weighted by Gasteiger charge is 2.25. The van der Waals surface area contributed by atoms with Gasteiger partial charge < -0.3 is 10.1 Å². The van der Waals surface area contributed by atoms with E-state index >= 15 is 0 Å². The summed E-state index contributed by atoms with van der Waals surface area (Å²) in [6, 6.07) is 0.0801. The highest BCUT2D eigenvalue weighted by atomic mass is 35.5. The van der Waals surface area contributed by atoms with Crippen LogP contribution in [0.5, 0.6) is 0 Å². The summed E-state index contributed by atoms with van der Waals surface area (Å²) in [6.45, 7) is 10.7. The summed E-state index contributed by atoms with van der Waals surface area (Å²) < 4.78 is 7.68. The van der Waals surface area contributed by atoms with Crippen LogP contribution in [-0.2, 0) is 11.3 Å². The second-order valence-corrected chi connectivity index (χ2v) is 4.70. The van der Waals surface area contributed by atoms with Crippen molar-refractivity contribution in [1.82, 2.24) is 15.1 Å². The predicted molar refractivity (Wildman–Crippen MR) is 75.0 cm³/mol. The van der Waals surface area contributed by atoms with Crippen molar-refractivity contribution in [3.05, 3.63) is 16.9 Å². The molecule has 1 aromatic heterocycles. The fourth-order valence-corrected chi connectivity index (χ4v) is 2.39. The molecule has 0 saturated carbocycles. The van der Waals surface area contributed by atoms with Crippen molar-refractivity contribution in [2.24, 2.45) is 0 Å². The minimum absolute atomic E-state index is 0.0692. The summed E-state index contributed by atoms with van der Waals surface area (Å²) in [4.78, 5) is 0. The molecule has 5 heteroatoms. The van der Waals surface area contributed by atoms with Gasteiger partial charge in [0.25, 0.3) is 0 Å². The maximum atomic E-state index is 6.28. The van der Waals surface area contributed by atoms with E-state index in [-0.39, 0.29) is 12.1 Å². The number of aromatic nitrogens is 2. The fourth-order valence-electron chi connectivity index (χ4n) is 2.14. The molecule has 2 unspecified atom stereocenters. The van der Waals surface area contributed by atoms with Crippen molar-refractivity contribution < 1.29 is 4.74 Å². The third-order valence-corrected chi connectivity index (χ3v) is 3.18. The highest BCUT2D eigenvalue weighted by molar-refractivity contribution is 6.31. The van der Waals surface area contributed by atoms with Gasteiger partial charge in [0, 0.05) is 13.2 Å². The lowest BCUT2D eigenvalue weighted by Crippen LogP contribution is -2.34. The van der Waals surface area contributed by atoms with Gasteiger partial charge in [-0.2, -0.15) is 5.10 Å². The van der Waals surface area contributed by atoms with Crippen LogP contribution >= 0.6 is 11.6 Å². The Hall–Kier alpha value is -0.580. The van der Waals surface area contributed by atoms with Crippen molar-refractivity contribution in [1.29, 1.82) is 0 Å². The Morgan fingerprint density at radius 3 is 2.72 bits per heavy atom. The second-order valence-electron chi connectivity index (χ2n) is 4.30. The maximum Gasteiger partial charge on any atom is 0.0835 e. The second kappa shape index (κ2) is 7.77. The van der Waals surface area contributed by atoms with Gasteiger partial charge in [0.2, 0.25) is 0 Å². The van der Waals surface area contributed by atoms with Crippen LogP contribution in [0, 0.1) is 0 Å². The summed E-state index contributed by atoms with van der Waals surface area (Å²) in [5, 5.41) is 8.49. The molecule has 0 aliphatic heterocycles. The molecule has 1 heterocycles. The topological polar surface area (TPSA) is 39.1 Å². The number of aryl methyl sites for hydroxylation is 1. The van der Waals surface area contributed by atoms with E-state index in [1.165, 1.54) is 0 Å². The average Bonchev–Trinajstić information content (AvgIpc) is 2.69. The Balaban J connectivity index is 2.99. The molecule has 0 aliphatic carbocycles. The smallest absolute Gasteiger partial charge is 0.0835 e. The third-order valence-electron chi connectivity index (χ3n) is 2.89. The molecule has 1 rings (SSSR count). The highest BCUT2D eigenvalue weighted by Crippen LogP contribution is 2.26. The van der Waals surface area contributed by atoms with Crippen molar-refractivity contribution in [3.63, 3.8) is 0 Å². The van der Waals surface area contributed by atoms with Crippen LogP contribution in [0.4, 0.5) is 0 Å². The normalized spacial score (nSPS) is 14.7. The van der Waals surface area contributed by atoms with Crippen LogP contribution in [-0.4, -0.2) is 29.0 Å². The van der Waals surface area contributed by atoms with Gasteiger partial charge in [-0.25, -0.2) is 0 Å². The maximum absolute atomic E-state index is 6.28. The molecule has 0 aromatic carbocycles. The third kappa shape index (κ3) is 3.70. The molecule has 104 valence electrons. The lowest BCUT2D eigenvalue weighted by Gasteiger charge is -2.26. The molecule has 1 N–H and O–H groups in total. The van der Waals surface area contributed by atoms with Crippen LogP contribution < -0.4 is 5.32 Å². The zero-order valence-corrected chi connectivity index (χ0v) is 12.5. The molecule has 18 heavy (non-hydrogen) atoms. The number of rotatable bonds is 8. The zero-order valence-electron chi connectivity index (χ0n) is 11.7. The number of nitrogens with one attached hydrogen (secondary N) is 1. The molecule has 0 radical (unpaired) electrons. The molecule has 1 aromatic rings. The number of hydrogen-bond donors (Lipinski definition) is 1. The van der Waals surface area contributed by atoms with Gasteiger partial charge in [0.1, 0.15) is 0 Å². The number of halogens is 1. The van der Waals surface area contributed by atoms with E-state index in [1.54, 1.807) is 6.20 Å². The van der Waals surface area contributed by atoms with Crippen LogP contribution in [0.15, 0.2) is 6.20 Å². The first kappa shape index (κ1) is 15.5. The van der Waals surface area contributed by atoms with Crippen molar-refractivity contribution in [2.75, 3.05) is 13.2 Å². The van der Waals surface area contributed by atoms with Gasteiger partial charge in [0.05, 0.1) is 29.1 Å². The fraction of sp³-hybridized carbons (Fsp3) is 0.769. The van der Waals surface area contributed by atoms with Gasteiger partial charge in [-0.05, 0) is 26.8 Å². The molecule has 0 fully saturated rings. The summed E-state index contributed by atoms with van der Waals surface area (Å²) in [5.41, 5.74) is 1.03. The Bertz CT molecular complexity index is 354. The van der Waals surface area contributed by atoms with Crippen molar-refractivity contribution in [3.8, 4) is 0 Å². The van der Waals surface area contributed by atoms with Gasteiger partial charge in [-0.15, -0.1) is 0 Å². The standard InChI is InChI=1S/C13H24ClN3O/c1-5-8-17-13(11(14)9-16-17)12(15-6-2)10(4)18-7-3/h9-10,12,15H,5-8H2,1-4H3. The Morgan fingerprint density at radius 2 is 2.17 bits per heavy atom. The van der Waals surface area contributed by atoms with Crippen molar-refractivity contribution >= 4 is 11.6 Å². The minimum atomic E-state index is 0.0692. The molecule has 0 bridgehead atoms. The van der Waals surface area contributed by atoms with Crippen LogP contribution in [0.2, 0.25) is 5.02 Å².